The summed E-state index contributed by atoms with van der Waals surface area (Å²) in [5, 5.41) is 0.913. The lowest BCUT2D eigenvalue weighted by Crippen LogP contribution is -2.06. The van der Waals surface area contributed by atoms with Crippen LogP contribution in [0.1, 0.15) is 5.56 Å². The second-order valence-corrected chi connectivity index (χ2v) is 5.08. The number of halogens is 2. The minimum atomic E-state index is -0.157. The first-order valence-electron chi connectivity index (χ1n) is 6.04. The molecule has 2 rings (SSSR count). The lowest BCUT2D eigenvalue weighted by Gasteiger charge is -2.11. The third-order valence-corrected chi connectivity index (χ3v) is 3.81. The van der Waals surface area contributed by atoms with Crippen molar-refractivity contribution < 1.29 is 14.2 Å². The Labute approximate surface area is 136 Å². The summed E-state index contributed by atoms with van der Waals surface area (Å²) in [6.45, 7) is 2.11. The highest BCUT2D eigenvalue weighted by molar-refractivity contribution is 9.10. The fourth-order valence-electron chi connectivity index (χ4n) is 1.63. The van der Waals surface area contributed by atoms with Gasteiger partial charge in [0.05, 0.1) is 5.52 Å². The van der Waals surface area contributed by atoms with Gasteiger partial charge in [-0.2, -0.15) is 0 Å². The predicted octanol–water partition coefficient (Wildman–Crippen LogP) is 3.41. The van der Waals surface area contributed by atoms with Gasteiger partial charge in [-0.05, 0) is 40.5 Å². The van der Waals surface area contributed by atoms with E-state index in [1.165, 1.54) is 6.07 Å². The lowest BCUT2D eigenvalue weighted by atomic mass is 10.1. The number of aromatic amines is 1. The van der Waals surface area contributed by atoms with Crippen LogP contribution in [0.3, 0.4) is 0 Å². The van der Waals surface area contributed by atoms with E-state index < -0.39 is 0 Å². The summed E-state index contributed by atoms with van der Waals surface area (Å²) in [5.41, 5.74) is 1.55. The fraction of sp³-hybridized carbons (Fsp3) is 0.357. The number of methoxy groups -OCH3 is 2. The van der Waals surface area contributed by atoms with Crippen LogP contribution < -0.4 is 10.3 Å². The first kappa shape index (κ1) is 18.0. The van der Waals surface area contributed by atoms with Gasteiger partial charge in [-0.3, -0.25) is 4.79 Å². The first-order valence-corrected chi connectivity index (χ1v) is 7.36. The molecule has 0 fully saturated rings. The monoisotopic (exact) mass is 377 g/mol. The van der Waals surface area contributed by atoms with Gasteiger partial charge < -0.3 is 19.2 Å². The number of aromatic nitrogens is 1. The number of alkyl halides is 1. The predicted molar refractivity (Wildman–Crippen MR) is 87.2 cm³/mol. The molecule has 0 bridgehead atoms. The van der Waals surface area contributed by atoms with E-state index in [0.717, 1.165) is 15.4 Å². The van der Waals surface area contributed by atoms with Crippen molar-refractivity contribution in [3.05, 3.63) is 38.6 Å². The number of rotatable bonds is 4. The highest BCUT2D eigenvalue weighted by Gasteiger charge is 2.09. The van der Waals surface area contributed by atoms with Gasteiger partial charge in [0.15, 0.2) is 6.79 Å². The van der Waals surface area contributed by atoms with E-state index in [2.05, 4.69) is 25.7 Å². The molecular weight excluding hydrogens is 362 g/mol. The van der Waals surface area contributed by atoms with Crippen LogP contribution in [0.5, 0.6) is 5.75 Å². The Kier molecular flexibility index (Phi) is 7.74. The Hall–Kier alpha value is -1.08. The number of fused-ring (bicyclic) bond motifs is 1. The van der Waals surface area contributed by atoms with Crippen molar-refractivity contribution in [2.75, 3.05) is 27.1 Å². The maximum atomic E-state index is 11.3. The van der Waals surface area contributed by atoms with E-state index in [1.807, 2.05) is 13.0 Å². The number of benzene rings is 1. The van der Waals surface area contributed by atoms with Crippen LogP contribution in [0.25, 0.3) is 10.9 Å². The number of aryl methyl sites for hydroxylation is 1. The van der Waals surface area contributed by atoms with Crippen molar-refractivity contribution in [3.8, 4) is 5.75 Å². The second-order valence-electron chi connectivity index (χ2n) is 4.07. The van der Waals surface area contributed by atoms with Gasteiger partial charge in [0.25, 0.3) is 0 Å². The molecule has 0 saturated carbocycles. The summed E-state index contributed by atoms with van der Waals surface area (Å²) in [7, 11) is 3.10. The zero-order valence-corrected chi connectivity index (χ0v) is 14.4. The van der Waals surface area contributed by atoms with Gasteiger partial charge in [-0.15, -0.1) is 0 Å². The van der Waals surface area contributed by atoms with E-state index in [1.54, 1.807) is 20.3 Å². The quantitative estimate of drug-likeness (QED) is 0.654. The third kappa shape index (κ3) is 5.00. The molecule has 0 atom stereocenters. The van der Waals surface area contributed by atoms with Crippen molar-refractivity contribution in [2.24, 2.45) is 0 Å². The summed E-state index contributed by atoms with van der Waals surface area (Å²) >= 11 is 8.46. The number of hydrogen-bond donors (Lipinski definition) is 1. The van der Waals surface area contributed by atoms with Crippen LogP contribution in [0, 0.1) is 6.92 Å². The molecule has 5 nitrogen and oxygen atoms in total. The fourth-order valence-corrected chi connectivity index (χ4v) is 2.08. The molecule has 0 radical (unpaired) electrons. The number of nitrogens with one attached hydrogen (secondary N) is 1. The van der Waals surface area contributed by atoms with Crippen molar-refractivity contribution in [2.45, 2.75) is 6.92 Å². The molecule has 1 heterocycles. The van der Waals surface area contributed by atoms with Crippen LogP contribution in [-0.2, 0) is 9.47 Å². The molecule has 2 aromatic rings. The molecule has 0 spiro atoms. The highest BCUT2D eigenvalue weighted by atomic mass is 79.9. The Morgan fingerprint density at radius 2 is 1.95 bits per heavy atom. The molecule has 1 aromatic carbocycles. The van der Waals surface area contributed by atoms with E-state index in [4.69, 9.17) is 21.1 Å². The molecule has 1 aromatic heterocycles. The number of ether oxygens (including phenoxy) is 3. The minimum Gasteiger partial charge on any atom is -0.465 e. The van der Waals surface area contributed by atoms with Gasteiger partial charge in [-0.1, -0.05) is 11.6 Å². The van der Waals surface area contributed by atoms with Gasteiger partial charge >= 0.3 is 0 Å². The smallest absolute Gasteiger partial charge is 0.248 e. The van der Waals surface area contributed by atoms with E-state index in [9.17, 15) is 4.79 Å². The normalized spacial score (nSPS) is 10.1. The molecule has 0 aliphatic rings. The highest BCUT2D eigenvalue weighted by Crippen LogP contribution is 2.32. The largest absolute Gasteiger partial charge is 0.465 e. The molecule has 0 unspecified atom stereocenters. The first-order chi connectivity index (χ1) is 10.0. The van der Waals surface area contributed by atoms with Gasteiger partial charge in [0, 0.05) is 30.1 Å². The lowest BCUT2D eigenvalue weighted by molar-refractivity contribution is 0.0520. The van der Waals surface area contributed by atoms with Crippen LogP contribution in [0.2, 0.25) is 0 Å². The van der Waals surface area contributed by atoms with Gasteiger partial charge in [0.1, 0.15) is 11.8 Å². The maximum absolute atomic E-state index is 11.3. The summed E-state index contributed by atoms with van der Waals surface area (Å²) < 4.78 is 15.6. The van der Waals surface area contributed by atoms with Crippen molar-refractivity contribution in [3.63, 3.8) is 0 Å². The zero-order valence-electron chi connectivity index (χ0n) is 12.0. The molecule has 7 heteroatoms. The Morgan fingerprint density at radius 1 is 1.29 bits per heavy atom. The summed E-state index contributed by atoms with van der Waals surface area (Å²) in [6.07, 6.45) is 0. The number of hydrogen-bond acceptors (Lipinski definition) is 4. The Bertz CT molecular complexity index is 643. The van der Waals surface area contributed by atoms with Gasteiger partial charge in [0.2, 0.25) is 5.56 Å². The average Bonchev–Trinajstić information content (AvgIpc) is 2.49. The molecule has 1 N–H and O–H groups in total. The summed E-state index contributed by atoms with van der Waals surface area (Å²) in [4.78, 5) is 14.1. The molecule has 116 valence electrons. The molecular formula is C14H17BrClNO4. The molecule has 0 aliphatic carbocycles. The van der Waals surface area contributed by atoms with Crippen LogP contribution in [-0.4, -0.2) is 32.1 Å². The van der Waals surface area contributed by atoms with Crippen molar-refractivity contribution in [1.29, 1.82) is 0 Å². The maximum Gasteiger partial charge on any atom is 0.248 e. The summed E-state index contributed by atoms with van der Waals surface area (Å²) in [6, 6.07) is 5.42. The van der Waals surface area contributed by atoms with Gasteiger partial charge in [-0.25, -0.2) is 0 Å². The molecule has 0 saturated heterocycles. The van der Waals surface area contributed by atoms with E-state index >= 15 is 0 Å². The zero-order chi connectivity index (χ0) is 15.8. The number of pyridine rings is 1. The second kappa shape index (κ2) is 9.04. The van der Waals surface area contributed by atoms with E-state index in [0.29, 0.717) is 17.3 Å². The van der Waals surface area contributed by atoms with Crippen LogP contribution in [0.4, 0.5) is 0 Å². The van der Waals surface area contributed by atoms with Crippen molar-refractivity contribution >= 4 is 38.4 Å². The number of H-pyrrole nitrogens is 1. The van der Waals surface area contributed by atoms with Crippen molar-refractivity contribution in [1.82, 2.24) is 4.98 Å². The molecule has 0 amide bonds. The SMILES string of the molecule is COCCl.COCOc1cc(C)c(Br)c2ccc(=O)[nH]c12. The Morgan fingerprint density at radius 3 is 2.52 bits per heavy atom. The molecule has 0 aliphatic heterocycles. The van der Waals surface area contributed by atoms with Crippen LogP contribution >= 0.6 is 27.5 Å². The van der Waals surface area contributed by atoms with E-state index in [-0.39, 0.29) is 12.4 Å². The third-order valence-electron chi connectivity index (χ3n) is 2.54. The topological polar surface area (TPSA) is 60.6 Å². The molecule has 21 heavy (non-hydrogen) atoms. The minimum absolute atomic E-state index is 0.146. The Balaban J connectivity index is 0.000000491. The average molecular weight is 379 g/mol. The van der Waals surface area contributed by atoms with Crippen LogP contribution in [0.15, 0.2) is 27.5 Å². The standard InChI is InChI=1S/C12H12BrNO3.C2H5ClO/c1-7-5-9(17-6-16-2)12-8(11(7)13)3-4-10(15)14-12;1-4-2-3/h3-5H,6H2,1-2H3,(H,14,15);2H2,1H3. The summed E-state index contributed by atoms with van der Waals surface area (Å²) in [5.74, 6) is 0.611.